The fraction of sp³-hybridized carbons (Fsp3) is 0.895. The largest absolute Gasteiger partial charge is 0.327 e. The van der Waals surface area contributed by atoms with Gasteiger partial charge in [-0.2, -0.15) is 0 Å². The molecule has 0 radical (unpaired) electrons. The summed E-state index contributed by atoms with van der Waals surface area (Å²) < 4.78 is 13.8. The number of rotatable bonds is 0. The van der Waals surface area contributed by atoms with E-state index in [1.807, 2.05) is 0 Å². The van der Waals surface area contributed by atoms with Gasteiger partial charge in [-0.1, -0.05) is 25.5 Å². The number of hydrogen-bond acceptors (Lipinski definition) is 1. The fourth-order valence-corrected chi connectivity index (χ4v) is 6.66. The van der Waals surface area contributed by atoms with Crippen molar-refractivity contribution in [3.63, 3.8) is 0 Å². The summed E-state index contributed by atoms with van der Waals surface area (Å²) in [5.74, 6) is 2.40. The number of halogens is 1. The molecule has 0 aromatic rings. The summed E-state index contributed by atoms with van der Waals surface area (Å²) in [5, 5.41) is 0. The molecule has 4 aliphatic carbocycles. The number of alkyl halides is 1. The number of fused-ring (bicyclic) bond motifs is 5. The summed E-state index contributed by atoms with van der Waals surface area (Å²) in [5.41, 5.74) is 8.58. The van der Waals surface area contributed by atoms with E-state index >= 15 is 0 Å². The van der Waals surface area contributed by atoms with E-state index in [1.165, 1.54) is 37.7 Å². The minimum Gasteiger partial charge on any atom is -0.327 e. The first-order valence-corrected chi connectivity index (χ1v) is 9.04. The van der Waals surface area contributed by atoms with Crippen molar-refractivity contribution in [2.24, 2.45) is 34.3 Å². The van der Waals surface area contributed by atoms with E-state index in [1.54, 1.807) is 0 Å². The zero-order chi connectivity index (χ0) is 14.8. The molecule has 2 heteroatoms. The monoisotopic (exact) mass is 291 g/mol. The zero-order valence-electron chi connectivity index (χ0n) is 13.6. The van der Waals surface area contributed by atoms with E-state index in [9.17, 15) is 4.39 Å². The van der Waals surface area contributed by atoms with Gasteiger partial charge in [0, 0.05) is 12.5 Å². The number of allylic oxidation sites excluding steroid dienone is 2. The van der Waals surface area contributed by atoms with Crippen molar-refractivity contribution in [3.8, 4) is 0 Å². The van der Waals surface area contributed by atoms with Crippen molar-refractivity contribution in [2.45, 2.75) is 77.4 Å². The Bertz CT molecular complexity index is 472. The molecule has 0 heterocycles. The van der Waals surface area contributed by atoms with Crippen LogP contribution in [0.5, 0.6) is 0 Å². The number of hydrogen-bond donors (Lipinski definition) is 1. The first-order valence-electron chi connectivity index (χ1n) is 9.04. The topological polar surface area (TPSA) is 26.0 Å². The highest BCUT2D eigenvalue weighted by atomic mass is 19.1. The van der Waals surface area contributed by atoms with Gasteiger partial charge in [-0.3, -0.25) is 0 Å². The van der Waals surface area contributed by atoms with Gasteiger partial charge in [0.25, 0.3) is 0 Å². The van der Waals surface area contributed by atoms with Crippen LogP contribution < -0.4 is 5.73 Å². The molecule has 2 N–H and O–H groups in total. The second kappa shape index (κ2) is 4.57. The third kappa shape index (κ3) is 1.84. The van der Waals surface area contributed by atoms with Crippen molar-refractivity contribution in [1.82, 2.24) is 0 Å². The predicted octanol–water partition coefficient (Wildman–Crippen LogP) is 4.61. The molecule has 4 aliphatic rings. The Labute approximate surface area is 128 Å². The van der Waals surface area contributed by atoms with Gasteiger partial charge in [0.15, 0.2) is 0 Å². The average molecular weight is 291 g/mol. The molecule has 0 spiro atoms. The van der Waals surface area contributed by atoms with Crippen LogP contribution in [0.1, 0.15) is 65.2 Å². The maximum atomic E-state index is 13.8. The molecule has 3 saturated carbocycles. The maximum Gasteiger partial charge on any atom is 0.104 e. The molecule has 0 bridgehead atoms. The first kappa shape index (κ1) is 14.2. The van der Waals surface area contributed by atoms with Crippen LogP contribution in [0.4, 0.5) is 4.39 Å². The van der Waals surface area contributed by atoms with E-state index in [2.05, 4.69) is 19.9 Å². The van der Waals surface area contributed by atoms with Crippen molar-refractivity contribution in [3.05, 3.63) is 11.6 Å². The molecule has 21 heavy (non-hydrogen) atoms. The molecule has 7 atom stereocenters. The molecular weight excluding hydrogens is 261 g/mol. The van der Waals surface area contributed by atoms with Crippen LogP contribution >= 0.6 is 0 Å². The lowest BCUT2D eigenvalue weighted by atomic mass is 9.48. The molecule has 0 saturated heterocycles. The van der Waals surface area contributed by atoms with Gasteiger partial charge in [-0.25, -0.2) is 4.39 Å². The Balaban J connectivity index is 1.68. The predicted molar refractivity (Wildman–Crippen MR) is 84.6 cm³/mol. The fourth-order valence-electron chi connectivity index (χ4n) is 6.66. The highest BCUT2D eigenvalue weighted by Crippen LogP contribution is 2.64. The van der Waals surface area contributed by atoms with Crippen molar-refractivity contribution < 1.29 is 4.39 Å². The van der Waals surface area contributed by atoms with Crippen LogP contribution in [0.2, 0.25) is 0 Å². The zero-order valence-corrected chi connectivity index (χ0v) is 13.6. The molecule has 1 nitrogen and oxygen atoms in total. The van der Waals surface area contributed by atoms with Crippen LogP contribution in [0, 0.1) is 28.6 Å². The van der Waals surface area contributed by atoms with Crippen LogP contribution in [-0.4, -0.2) is 12.2 Å². The summed E-state index contributed by atoms with van der Waals surface area (Å²) in [6, 6.07) is 0.406. The van der Waals surface area contributed by atoms with E-state index < -0.39 is 6.17 Å². The van der Waals surface area contributed by atoms with Gasteiger partial charge in [-0.15, -0.1) is 0 Å². The molecule has 0 aromatic carbocycles. The van der Waals surface area contributed by atoms with E-state index in [0.29, 0.717) is 23.3 Å². The van der Waals surface area contributed by atoms with Crippen molar-refractivity contribution in [1.29, 1.82) is 0 Å². The van der Waals surface area contributed by atoms with Crippen LogP contribution in [0.25, 0.3) is 0 Å². The summed E-state index contributed by atoms with van der Waals surface area (Å²) in [6.07, 6.45) is 10.7. The van der Waals surface area contributed by atoms with Gasteiger partial charge >= 0.3 is 0 Å². The van der Waals surface area contributed by atoms with E-state index in [4.69, 9.17) is 5.73 Å². The van der Waals surface area contributed by atoms with Crippen molar-refractivity contribution >= 4 is 0 Å². The summed E-state index contributed by atoms with van der Waals surface area (Å²) in [7, 11) is 0. The van der Waals surface area contributed by atoms with Crippen molar-refractivity contribution in [2.75, 3.05) is 0 Å². The molecule has 0 aromatic heterocycles. The quantitative estimate of drug-likeness (QED) is 0.648. The Morgan fingerprint density at radius 3 is 2.71 bits per heavy atom. The lowest BCUT2D eigenvalue weighted by Crippen LogP contribution is -2.52. The Morgan fingerprint density at radius 1 is 1.10 bits per heavy atom. The normalized spacial score (nSPS) is 56.2. The molecule has 3 fully saturated rings. The molecule has 0 amide bonds. The van der Waals surface area contributed by atoms with Gasteiger partial charge in [-0.05, 0) is 73.5 Å². The van der Waals surface area contributed by atoms with Crippen LogP contribution in [0.15, 0.2) is 11.6 Å². The first-order chi connectivity index (χ1) is 9.95. The molecule has 118 valence electrons. The second-order valence-corrected chi connectivity index (χ2v) is 8.83. The highest BCUT2D eigenvalue weighted by Gasteiger charge is 2.57. The Morgan fingerprint density at radius 2 is 1.90 bits per heavy atom. The molecule has 0 aliphatic heterocycles. The van der Waals surface area contributed by atoms with Gasteiger partial charge in [0.05, 0.1) is 0 Å². The maximum absolute atomic E-state index is 13.8. The Kier molecular flexibility index (Phi) is 3.10. The highest BCUT2D eigenvalue weighted by molar-refractivity contribution is 5.25. The minimum absolute atomic E-state index is 0.291. The summed E-state index contributed by atoms with van der Waals surface area (Å²) >= 11 is 0. The Hall–Kier alpha value is -0.370. The third-order valence-electron chi connectivity index (χ3n) is 8.12. The second-order valence-electron chi connectivity index (χ2n) is 8.83. The summed E-state index contributed by atoms with van der Waals surface area (Å²) in [6.45, 7) is 4.89. The van der Waals surface area contributed by atoms with Crippen LogP contribution in [0.3, 0.4) is 0 Å². The smallest absolute Gasteiger partial charge is 0.104 e. The standard InChI is InChI=1S/C19H30FN/c1-18-9-7-13(20)11-12(18)3-4-14-15-5-6-17(21)19(15,2)10-8-16(14)18/h3,13-17H,4-11,21H2,1-2H3/t13?,14-,15-,16-,17-,18-,19-/m0/s1. The van der Waals surface area contributed by atoms with E-state index in [0.717, 1.165) is 30.6 Å². The SMILES string of the molecule is C[C@]12CC[C@H]3[C@@H](CC=C4CC(F)CC[C@@]43C)[C@@H]1CC[C@@H]2N. The van der Waals surface area contributed by atoms with E-state index in [-0.39, 0.29) is 0 Å². The van der Waals surface area contributed by atoms with Crippen LogP contribution in [-0.2, 0) is 0 Å². The lowest BCUT2D eigenvalue weighted by Gasteiger charge is -2.57. The van der Waals surface area contributed by atoms with Gasteiger partial charge in [0.1, 0.15) is 6.17 Å². The summed E-state index contributed by atoms with van der Waals surface area (Å²) in [4.78, 5) is 0. The lowest BCUT2D eigenvalue weighted by molar-refractivity contribution is -0.0349. The van der Waals surface area contributed by atoms with Gasteiger partial charge in [0.2, 0.25) is 0 Å². The number of nitrogens with two attached hydrogens (primary N) is 1. The minimum atomic E-state index is -0.588. The molecule has 1 unspecified atom stereocenters. The third-order valence-corrected chi connectivity index (χ3v) is 8.12. The average Bonchev–Trinajstić information content (AvgIpc) is 2.76. The molecule has 4 rings (SSSR count). The molecular formula is C19H30FN. The van der Waals surface area contributed by atoms with Gasteiger partial charge < -0.3 is 5.73 Å².